The van der Waals surface area contributed by atoms with Crippen LogP contribution in [0.3, 0.4) is 0 Å². The second-order valence-corrected chi connectivity index (χ2v) is 7.07. The van der Waals surface area contributed by atoms with Crippen LogP contribution in [0.2, 0.25) is 0 Å². The quantitative estimate of drug-likeness (QED) is 0.917. The molecule has 136 valence electrons. The minimum Gasteiger partial charge on any atom is -0.497 e. The predicted molar refractivity (Wildman–Crippen MR) is 96.4 cm³/mol. The van der Waals surface area contributed by atoms with Crippen molar-refractivity contribution in [2.24, 2.45) is 5.92 Å². The average molecular weight is 344 g/mol. The molecule has 1 saturated carbocycles. The Labute approximate surface area is 149 Å². The number of carbonyl (C=O) groups is 2. The Morgan fingerprint density at radius 2 is 2.12 bits per heavy atom. The van der Waals surface area contributed by atoms with Gasteiger partial charge in [0, 0.05) is 19.1 Å². The molecule has 2 aliphatic rings. The van der Waals surface area contributed by atoms with Crippen LogP contribution in [0.1, 0.15) is 44.1 Å². The van der Waals surface area contributed by atoms with E-state index < -0.39 is 0 Å². The maximum Gasteiger partial charge on any atom is 0.227 e. The number of carbonyl (C=O) groups excluding carboxylic acids is 2. The van der Waals surface area contributed by atoms with E-state index in [1.165, 1.54) is 0 Å². The van der Waals surface area contributed by atoms with Crippen molar-refractivity contribution in [1.82, 2.24) is 10.2 Å². The predicted octanol–water partition coefficient (Wildman–Crippen LogP) is 2.54. The zero-order valence-corrected chi connectivity index (χ0v) is 15.0. The van der Waals surface area contributed by atoms with Crippen LogP contribution in [0.15, 0.2) is 24.3 Å². The van der Waals surface area contributed by atoms with E-state index in [9.17, 15) is 9.59 Å². The molecule has 0 bridgehead atoms. The Morgan fingerprint density at radius 3 is 2.96 bits per heavy atom. The summed E-state index contributed by atoms with van der Waals surface area (Å²) in [5.74, 6) is 0.971. The number of benzene rings is 1. The van der Waals surface area contributed by atoms with Gasteiger partial charge in [0.15, 0.2) is 0 Å². The van der Waals surface area contributed by atoms with Crippen LogP contribution in [0.5, 0.6) is 5.75 Å². The Hall–Kier alpha value is -2.04. The van der Waals surface area contributed by atoms with Crippen LogP contribution in [0.25, 0.3) is 0 Å². The molecule has 3 rings (SSSR count). The zero-order valence-electron chi connectivity index (χ0n) is 15.0. The molecule has 1 saturated heterocycles. The smallest absolute Gasteiger partial charge is 0.227 e. The molecule has 1 aliphatic carbocycles. The van der Waals surface area contributed by atoms with Gasteiger partial charge in [0.05, 0.1) is 19.4 Å². The van der Waals surface area contributed by atoms with E-state index in [1.807, 2.05) is 29.2 Å². The molecule has 2 fully saturated rings. The van der Waals surface area contributed by atoms with Crippen molar-refractivity contribution in [1.29, 1.82) is 0 Å². The Bertz CT molecular complexity index is 617. The zero-order chi connectivity index (χ0) is 17.6. The van der Waals surface area contributed by atoms with Crippen LogP contribution < -0.4 is 10.1 Å². The summed E-state index contributed by atoms with van der Waals surface area (Å²) >= 11 is 0. The summed E-state index contributed by atoms with van der Waals surface area (Å²) < 4.78 is 5.25. The van der Waals surface area contributed by atoms with Gasteiger partial charge in [-0.1, -0.05) is 18.6 Å². The number of amides is 2. The molecule has 1 heterocycles. The molecule has 2 unspecified atom stereocenters. The molecule has 2 atom stereocenters. The summed E-state index contributed by atoms with van der Waals surface area (Å²) in [5.41, 5.74) is 0.959. The van der Waals surface area contributed by atoms with Crippen molar-refractivity contribution in [2.75, 3.05) is 20.2 Å². The lowest BCUT2D eigenvalue weighted by molar-refractivity contribution is -0.136. The number of fused-ring (bicyclic) bond motifs is 1. The molecule has 1 aliphatic heterocycles. The fraction of sp³-hybridized carbons (Fsp3) is 0.600. The van der Waals surface area contributed by atoms with E-state index in [0.29, 0.717) is 6.42 Å². The molecule has 5 nitrogen and oxygen atoms in total. The molecule has 0 aromatic heterocycles. The highest BCUT2D eigenvalue weighted by molar-refractivity contribution is 5.83. The number of nitrogens with zero attached hydrogens (tertiary/aromatic N) is 1. The molecule has 0 spiro atoms. The van der Waals surface area contributed by atoms with Gasteiger partial charge in [-0.3, -0.25) is 9.59 Å². The van der Waals surface area contributed by atoms with Crippen molar-refractivity contribution >= 4 is 11.8 Å². The Kier molecular flexibility index (Phi) is 5.95. The molecule has 1 N–H and O–H groups in total. The molecule has 1 aromatic carbocycles. The van der Waals surface area contributed by atoms with Crippen LogP contribution in [-0.2, 0) is 16.0 Å². The van der Waals surface area contributed by atoms with E-state index in [4.69, 9.17) is 4.74 Å². The fourth-order valence-electron chi connectivity index (χ4n) is 4.08. The van der Waals surface area contributed by atoms with E-state index in [2.05, 4.69) is 5.32 Å². The van der Waals surface area contributed by atoms with Gasteiger partial charge in [-0.25, -0.2) is 0 Å². The maximum atomic E-state index is 13.0. The van der Waals surface area contributed by atoms with Crippen molar-refractivity contribution < 1.29 is 14.3 Å². The van der Waals surface area contributed by atoms with Gasteiger partial charge in [-0.05, 0) is 49.8 Å². The first-order valence-corrected chi connectivity index (χ1v) is 9.39. The first-order valence-electron chi connectivity index (χ1n) is 9.39. The lowest BCUT2D eigenvalue weighted by atomic mass is 9.98. The minimum atomic E-state index is -0.0487. The van der Waals surface area contributed by atoms with Crippen LogP contribution >= 0.6 is 0 Å². The molecule has 5 heteroatoms. The van der Waals surface area contributed by atoms with Crippen molar-refractivity contribution in [2.45, 2.75) is 51.0 Å². The van der Waals surface area contributed by atoms with E-state index in [0.717, 1.165) is 62.9 Å². The number of hydrogen-bond donors (Lipinski definition) is 1. The minimum absolute atomic E-state index is 0.0487. The highest BCUT2D eigenvalue weighted by Crippen LogP contribution is 2.31. The van der Waals surface area contributed by atoms with Crippen molar-refractivity contribution in [3.05, 3.63) is 29.8 Å². The lowest BCUT2D eigenvalue weighted by Gasteiger charge is -2.34. The Morgan fingerprint density at radius 1 is 1.24 bits per heavy atom. The molecule has 25 heavy (non-hydrogen) atoms. The molecular weight excluding hydrogens is 316 g/mol. The number of rotatable bonds is 3. The average Bonchev–Trinajstić information content (AvgIpc) is 3.10. The third-order valence-corrected chi connectivity index (χ3v) is 5.40. The second kappa shape index (κ2) is 8.37. The van der Waals surface area contributed by atoms with E-state index in [1.54, 1.807) is 7.11 Å². The highest BCUT2D eigenvalue weighted by Gasteiger charge is 2.38. The van der Waals surface area contributed by atoms with Gasteiger partial charge < -0.3 is 15.0 Å². The summed E-state index contributed by atoms with van der Waals surface area (Å²) in [5, 5.41) is 3.05. The summed E-state index contributed by atoms with van der Waals surface area (Å²) in [6.07, 6.45) is 6.24. The Balaban J connectivity index is 1.75. The van der Waals surface area contributed by atoms with Gasteiger partial charge in [-0.15, -0.1) is 0 Å². The fourth-order valence-corrected chi connectivity index (χ4v) is 4.08. The summed E-state index contributed by atoms with van der Waals surface area (Å²) in [4.78, 5) is 27.5. The van der Waals surface area contributed by atoms with Gasteiger partial charge in [0.25, 0.3) is 0 Å². The third kappa shape index (κ3) is 4.33. The number of methoxy groups -OCH3 is 1. The standard InChI is InChI=1S/C20H28N2O3/c1-25-16-8-5-7-15(13-16)14-19(23)22-12-4-2-3-11-21-20(24)17-9-6-10-18(17)22/h5,7-8,13,17-18H,2-4,6,9-12,14H2,1H3,(H,21,24). The van der Waals surface area contributed by atoms with E-state index >= 15 is 0 Å². The first kappa shape index (κ1) is 17.8. The summed E-state index contributed by atoms with van der Waals surface area (Å²) in [6.45, 7) is 1.52. The molecule has 0 radical (unpaired) electrons. The number of nitrogens with one attached hydrogen (secondary N) is 1. The van der Waals surface area contributed by atoms with Gasteiger partial charge in [0.2, 0.25) is 11.8 Å². The van der Waals surface area contributed by atoms with Gasteiger partial charge >= 0.3 is 0 Å². The van der Waals surface area contributed by atoms with Crippen molar-refractivity contribution in [3.63, 3.8) is 0 Å². The number of ether oxygens (including phenoxy) is 1. The van der Waals surface area contributed by atoms with Crippen LogP contribution in [0.4, 0.5) is 0 Å². The lowest BCUT2D eigenvalue weighted by Crippen LogP contribution is -2.48. The maximum absolute atomic E-state index is 13.0. The van der Waals surface area contributed by atoms with Gasteiger partial charge in [0.1, 0.15) is 5.75 Å². The van der Waals surface area contributed by atoms with Crippen LogP contribution in [-0.4, -0.2) is 43.0 Å². The summed E-state index contributed by atoms with van der Waals surface area (Å²) in [6, 6.07) is 7.72. The van der Waals surface area contributed by atoms with E-state index in [-0.39, 0.29) is 23.8 Å². The van der Waals surface area contributed by atoms with Crippen molar-refractivity contribution in [3.8, 4) is 5.75 Å². The topological polar surface area (TPSA) is 58.6 Å². The second-order valence-electron chi connectivity index (χ2n) is 7.07. The number of hydrogen-bond acceptors (Lipinski definition) is 3. The van der Waals surface area contributed by atoms with Crippen LogP contribution in [0, 0.1) is 5.92 Å². The third-order valence-electron chi connectivity index (χ3n) is 5.40. The first-order chi connectivity index (χ1) is 12.2. The summed E-state index contributed by atoms with van der Waals surface area (Å²) in [7, 11) is 1.63. The SMILES string of the molecule is COc1cccc(CC(=O)N2CCCCCNC(=O)C3CCCC32)c1. The molecule has 1 aromatic rings. The highest BCUT2D eigenvalue weighted by atomic mass is 16.5. The normalized spacial score (nSPS) is 24.4. The largest absolute Gasteiger partial charge is 0.497 e. The monoisotopic (exact) mass is 344 g/mol. The van der Waals surface area contributed by atoms with Gasteiger partial charge in [-0.2, -0.15) is 0 Å². The molecular formula is C20H28N2O3. The molecule has 2 amide bonds.